The average molecular weight is 336 g/mol. The van der Waals surface area contributed by atoms with Gasteiger partial charge in [-0.15, -0.1) is 0 Å². The van der Waals surface area contributed by atoms with Gasteiger partial charge in [-0.25, -0.2) is 0 Å². The number of hydrogen-bond acceptors (Lipinski definition) is 8. The molecule has 4 bridgehead atoms. The molecule has 0 spiro atoms. The van der Waals surface area contributed by atoms with E-state index in [0.717, 1.165) is 0 Å². The van der Waals surface area contributed by atoms with Gasteiger partial charge in [-0.3, -0.25) is 19.2 Å². The highest BCUT2D eigenvalue weighted by Gasteiger charge is 2.59. The van der Waals surface area contributed by atoms with E-state index in [4.69, 9.17) is 18.9 Å². The standard InChI is InChI=1S/C16H16O8/c1-8(17)21-6-10-5-11-13(20)15(23-10)14-12(19)3-4-16(11,24-14)7-22-9(2)18/h3-5,11,14-15H,6-7H2,1-2H3/t11-,14+,15-,16-/m1/s1. The highest BCUT2D eigenvalue weighted by Crippen LogP contribution is 2.42. The predicted molar refractivity (Wildman–Crippen MR) is 76.5 cm³/mol. The van der Waals surface area contributed by atoms with Gasteiger partial charge in [0.15, 0.2) is 23.8 Å². The van der Waals surface area contributed by atoms with Crippen LogP contribution in [0.1, 0.15) is 13.8 Å². The van der Waals surface area contributed by atoms with E-state index < -0.39 is 41.4 Å². The summed E-state index contributed by atoms with van der Waals surface area (Å²) in [4.78, 5) is 46.8. The molecule has 128 valence electrons. The summed E-state index contributed by atoms with van der Waals surface area (Å²) in [6.07, 6.45) is 2.03. The van der Waals surface area contributed by atoms with Crippen LogP contribution in [0.25, 0.3) is 0 Å². The van der Waals surface area contributed by atoms with Crippen molar-refractivity contribution in [2.75, 3.05) is 13.2 Å². The Bertz CT molecular complexity index is 676. The van der Waals surface area contributed by atoms with Crippen LogP contribution in [0, 0.1) is 5.92 Å². The van der Waals surface area contributed by atoms with E-state index in [9.17, 15) is 19.2 Å². The zero-order chi connectivity index (χ0) is 17.5. The molecule has 0 amide bonds. The average Bonchev–Trinajstić information content (AvgIpc) is 2.52. The number of ketones is 2. The van der Waals surface area contributed by atoms with Gasteiger partial charge in [-0.05, 0) is 18.2 Å². The SMILES string of the molecule is CC(=O)OCC1=C[C@@H]2C(=O)[C@@H](O1)[C@H]1O[C@@]2(COC(C)=O)C=CC1=O. The lowest BCUT2D eigenvalue weighted by molar-refractivity contribution is -0.208. The largest absolute Gasteiger partial charge is 0.480 e. The van der Waals surface area contributed by atoms with Crippen molar-refractivity contribution >= 4 is 23.5 Å². The maximum Gasteiger partial charge on any atom is 0.303 e. The Balaban J connectivity index is 1.95. The maximum atomic E-state index is 12.6. The second-order valence-corrected chi connectivity index (χ2v) is 5.84. The van der Waals surface area contributed by atoms with Gasteiger partial charge in [0.25, 0.3) is 0 Å². The van der Waals surface area contributed by atoms with E-state index in [-0.39, 0.29) is 24.8 Å². The van der Waals surface area contributed by atoms with Crippen LogP contribution in [0.5, 0.6) is 0 Å². The van der Waals surface area contributed by atoms with E-state index in [2.05, 4.69) is 0 Å². The van der Waals surface area contributed by atoms with Crippen LogP contribution in [0.4, 0.5) is 0 Å². The summed E-state index contributed by atoms with van der Waals surface area (Å²) >= 11 is 0. The third-order valence-corrected chi connectivity index (χ3v) is 4.09. The van der Waals surface area contributed by atoms with Crippen LogP contribution in [0.2, 0.25) is 0 Å². The maximum absolute atomic E-state index is 12.6. The molecular formula is C16H16O8. The van der Waals surface area contributed by atoms with E-state index in [1.165, 1.54) is 32.1 Å². The molecule has 8 nitrogen and oxygen atoms in total. The monoisotopic (exact) mass is 336 g/mol. The summed E-state index contributed by atoms with van der Waals surface area (Å²) in [5, 5.41) is 0. The highest BCUT2D eigenvalue weighted by molar-refractivity contribution is 6.03. The van der Waals surface area contributed by atoms with Crippen molar-refractivity contribution in [3.05, 3.63) is 24.0 Å². The molecule has 3 aliphatic rings. The molecule has 4 atom stereocenters. The Labute approximate surface area is 137 Å². The first-order valence-corrected chi connectivity index (χ1v) is 7.41. The van der Waals surface area contributed by atoms with Crippen molar-refractivity contribution in [3.63, 3.8) is 0 Å². The highest BCUT2D eigenvalue weighted by atomic mass is 16.6. The summed E-state index contributed by atoms with van der Waals surface area (Å²) in [7, 11) is 0. The van der Waals surface area contributed by atoms with Gasteiger partial charge < -0.3 is 18.9 Å². The zero-order valence-corrected chi connectivity index (χ0v) is 13.1. The number of hydrogen-bond donors (Lipinski definition) is 0. The number of rotatable bonds is 4. The van der Waals surface area contributed by atoms with Gasteiger partial charge in [-0.1, -0.05) is 0 Å². The molecule has 8 heteroatoms. The number of carbonyl (C=O) groups excluding carboxylic acids is 4. The third kappa shape index (κ3) is 2.73. The number of fused-ring (bicyclic) bond motifs is 6. The summed E-state index contributed by atoms with van der Waals surface area (Å²) in [6, 6.07) is 0. The molecule has 1 saturated heterocycles. The predicted octanol–water partition coefficient (Wildman–Crippen LogP) is -0.143. The fourth-order valence-electron chi connectivity index (χ4n) is 2.98. The fraction of sp³-hybridized carbons (Fsp3) is 0.500. The molecule has 3 aliphatic heterocycles. The van der Waals surface area contributed by atoms with Crippen LogP contribution in [-0.4, -0.2) is 54.5 Å². The Morgan fingerprint density at radius 2 is 1.88 bits per heavy atom. The first-order chi connectivity index (χ1) is 11.3. The Morgan fingerprint density at radius 1 is 1.17 bits per heavy atom. The first-order valence-electron chi connectivity index (χ1n) is 7.41. The van der Waals surface area contributed by atoms with Gasteiger partial charge in [0.05, 0.1) is 5.92 Å². The summed E-state index contributed by atoms with van der Waals surface area (Å²) in [6.45, 7) is 2.14. The van der Waals surface area contributed by atoms with Crippen molar-refractivity contribution in [2.24, 2.45) is 5.92 Å². The lowest BCUT2D eigenvalue weighted by atomic mass is 9.73. The molecule has 0 N–H and O–H groups in total. The van der Waals surface area contributed by atoms with Crippen LogP contribution in [0.15, 0.2) is 24.0 Å². The molecule has 3 rings (SSSR count). The minimum absolute atomic E-state index is 0.149. The Hall–Kier alpha value is -2.48. The molecule has 0 radical (unpaired) electrons. The molecule has 0 aromatic carbocycles. The van der Waals surface area contributed by atoms with Crippen molar-refractivity contribution in [1.82, 2.24) is 0 Å². The third-order valence-electron chi connectivity index (χ3n) is 4.09. The fourth-order valence-corrected chi connectivity index (χ4v) is 2.98. The quantitative estimate of drug-likeness (QED) is 0.653. The second-order valence-electron chi connectivity index (χ2n) is 5.84. The first kappa shape index (κ1) is 16.4. The van der Waals surface area contributed by atoms with E-state index in [1.807, 2.05) is 0 Å². The van der Waals surface area contributed by atoms with Gasteiger partial charge >= 0.3 is 11.9 Å². The van der Waals surface area contributed by atoms with Crippen LogP contribution >= 0.6 is 0 Å². The molecule has 3 heterocycles. The lowest BCUT2D eigenvalue weighted by Gasteiger charge is -2.49. The van der Waals surface area contributed by atoms with Crippen LogP contribution in [0.3, 0.4) is 0 Å². The number of ether oxygens (including phenoxy) is 4. The molecule has 24 heavy (non-hydrogen) atoms. The molecule has 0 aliphatic carbocycles. The van der Waals surface area contributed by atoms with Crippen molar-refractivity contribution in [2.45, 2.75) is 31.7 Å². The zero-order valence-electron chi connectivity index (χ0n) is 13.1. The molecule has 0 aromatic heterocycles. The van der Waals surface area contributed by atoms with Crippen LogP contribution in [-0.2, 0) is 38.1 Å². The van der Waals surface area contributed by atoms with Gasteiger partial charge in [-0.2, -0.15) is 0 Å². The minimum Gasteiger partial charge on any atom is -0.480 e. The number of Topliss-reactive ketones (excluding diaryl/α,β-unsaturated/α-hetero) is 1. The minimum atomic E-state index is -1.26. The molecule has 0 unspecified atom stereocenters. The summed E-state index contributed by atoms with van der Waals surface area (Å²) in [5.41, 5.74) is -1.26. The topological polar surface area (TPSA) is 105 Å². The number of esters is 2. The Kier molecular flexibility index (Phi) is 4.00. The molecule has 0 saturated carbocycles. The summed E-state index contributed by atoms with van der Waals surface area (Å²) < 4.78 is 21.2. The van der Waals surface area contributed by atoms with Crippen molar-refractivity contribution < 1.29 is 38.1 Å². The van der Waals surface area contributed by atoms with E-state index in [1.54, 1.807) is 0 Å². The van der Waals surface area contributed by atoms with Crippen molar-refractivity contribution in [3.8, 4) is 0 Å². The van der Waals surface area contributed by atoms with Gasteiger partial charge in [0, 0.05) is 13.8 Å². The molecular weight excluding hydrogens is 320 g/mol. The summed E-state index contributed by atoms with van der Waals surface area (Å²) in [5.74, 6) is -2.30. The van der Waals surface area contributed by atoms with E-state index >= 15 is 0 Å². The molecule has 0 aromatic rings. The lowest BCUT2D eigenvalue weighted by Crippen LogP contribution is -2.65. The van der Waals surface area contributed by atoms with Gasteiger partial charge in [0.1, 0.15) is 24.6 Å². The molecule has 1 fully saturated rings. The Morgan fingerprint density at radius 3 is 2.54 bits per heavy atom. The van der Waals surface area contributed by atoms with Crippen LogP contribution < -0.4 is 0 Å². The smallest absolute Gasteiger partial charge is 0.303 e. The number of carbonyl (C=O) groups is 4. The second kappa shape index (κ2) is 5.86. The van der Waals surface area contributed by atoms with Crippen molar-refractivity contribution in [1.29, 1.82) is 0 Å². The van der Waals surface area contributed by atoms with Gasteiger partial charge in [0.2, 0.25) is 0 Å². The normalized spacial score (nSPS) is 33.4. The van der Waals surface area contributed by atoms with E-state index in [0.29, 0.717) is 0 Å².